The van der Waals surface area contributed by atoms with E-state index >= 15 is 0 Å². The maximum Gasteiger partial charge on any atom is 0.148 e. The number of benzene rings is 1. The fourth-order valence-corrected chi connectivity index (χ4v) is 2.57. The van der Waals surface area contributed by atoms with E-state index in [1.165, 1.54) is 11.1 Å². The predicted molar refractivity (Wildman–Crippen MR) is 72.1 cm³/mol. The van der Waals surface area contributed by atoms with Crippen LogP contribution in [0.25, 0.3) is 10.6 Å². The van der Waals surface area contributed by atoms with Crippen LogP contribution in [0.4, 0.5) is 0 Å². The summed E-state index contributed by atoms with van der Waals surface area (Å²) in [7, 11) is 0. The first-order valence-electron chi connectivity index (χ1n) is 5.96. The Morgan fingerprint density at radius 2 is 2.00 bits per heavy atom. The van der Waals surface area contributed by atoms with Crippen LogP contribution in [-0.4, -0.2) is 16.7 Å². The van der Waals surface area contributed by atoms with Crippen molar-refractivity contribution < 1.29 is 0 Å². The van der Waals surface area contributed by atoms with Crippen molar-refractivity contribution in [2.75, 3.05) is 6.54 Å². The fourth-order valence-electron chi connectivity index (χ4n) is 1.70. The third kappa shape index (κ3) is 2.90. The van der Waals surface area contributed by atoms with Gasteiger partial charge in [-0.15, -0.1) is 10.2 Å². The molecule has 1 aromatic heterocycles. The van der Waals surface area contributed by atoms with Crippen LogP contribution >= 0.6 is 11.3 Å². The van der Waals surface area contributed by atoms with Gasteiger partial charge in [-0.3, -0.25) is 0 Å². The summed E-state index contributed by atoms with van der Waals surface area (Å²) in [5, 5.41) is 13.8. The second-order valence-corrected chi connectivity index (χ2v) is 4.85. The third-order valence-electron chi connectivity index (χ3n) is 2.62. The molecule has 2 aromatic rings. The molecule has 0 amide bonds. The van der Waals surface area contributed by atoms with E-state index in [9.17, 15) is 0 Å². The molecule has 3 nitrogen and oxygen atoms in total. The molecule has 0 aliphatic heterocycles. The number of aryl methyl sites for hydroxylation is 1. The summed E-state index contributed by atoms with van der Waals surface area (Å²) in [6.07, 6.45) is 1.03. The molecule has 2 rings (SSSR count). The molecule has 0 atom stereocenters. The minimum atomic E-state index is 0.808. The number of rotatable bonds is 5. The fraction of sp³-hybridized carbons (Fsp3) is 0.385. The smallest absolute Gasteiger partial charge is 0.148 e. The number of hydrogen-bond donors (Lipinski definition) is 1. The molecule has 0 fully saturated rings. The van der Waals surface area contributed by atoms with Crippen LogP contribution in [0.2, 0.25) is 0 Å². The SMILES string of the molecule is CCNCc1nnc(-c2ccccc2CC)s1. The summed E-state index contributed by atoms with van der Waals surface area (Å²) in [6.45, 7) is 6.02. The second-order valence-electron chi connectivity index (χ2n) is 3.79. The van der Waals surface area contributed by atoms with E-state index in [4.69, 9.17) is 0 Å². The van der Waals surface area contributed by atoms with Crippen molar-refractivity contribution in [1.82, 2.24) is 15.5 Å². The standard InChI is InChI=1S/C13H17N3S/c1-3-10-7-5-6-8-11(10)13-16-15-12(17-13)9-14-4-2/h5-8,14H,3-4,9H2,1-2H3. The lowest BCUT2D eigenvalue weighted by molar-refractivity contribution is 0.715. The van der Waals surface area contributed by atoms with E-state index in [-0.39, 0.29) is 0 Å². The van der Waals surface area contributed by atoms with Gasteiger partial charge < -0.3 is 5.32 Å². The maximum absolute atomic E-state index is 4.28. The van der Waals surface area contributed by atoms with Crippen molar-refractivity contribution in [1.29, 1.82) is 0 Å². The van der Waals surface area contributed by atoms with Gasteiger partial charge in [-0.2, -0.15) is 0 Å². The maximum atomic E-state index is 4.28. The predicted octanol–water partition coefficient (Wildman–Crippen LogP) is 2.88. The molecule has 0 unspecified atom stereocenters. The highest BCUT2D eigenvalue weighted by Crippen LogP contribution is 2.26. The average molecular weight is 247 g/mol. The molecule has 1 N–H and O–H groups in total. The van der Waals surface area contributed by atoms with Gasteiger partial charge in [0.25, 0.3) is 0 Å². The molecule has 90 valence electrons. The Hall–Kier alpha value is -1.26. The minimum Gasteiger partial charge on any atom is -0.311 e. The van der Waals surface area contributed by atoms with Crippen LogP contribution in [0.15, 0.2) is 24.3 Å². The van der Waals surface area contributed by atoms with E-state index in [0.29, 0.717) is 0 Å². The zero-order valence-corrected chi connectivity index (χ0v) is 11.0. The van der Waals surface area contributed by atoms with E-state index in [1.54, 1.807) is 11.3 Å². The Morgan fingerprint density at radius 1 is 1.18 bits per heavy atom. The highest BCUT2D eigenvalue weighted by molar-refractivity contribution is 7.14. The number of nitrogens with one attached hydrogen (secondary N) is 1. The van der Waals surface area contributed by atoms with Crippen LogP contribution in [-0.2, 0) is 13.0 Å². The molecule has 17 heavy (non-hydrogen) atoms. The molecule has 0 spiro atoms. The molecule has 0 bridgehead atoms. The molecule has 1 aromatic carbocycles. The Bertz CT molecular complexity index is 479. The molecule has 4 heteroatoms. The van der Waals surface area contributed by atoms with Gasteiger partial charge >= 0.3 is 0 Å². The largest absolute Gasteiger partial charge is 0.311 e. The molecular formula is C13H17N3S. The van der Waals surface area contributed by atoms with Crippen LogP contribution in [0, 0.1) is 0 Å². The van der Waals surface area contributed by atoms with Gasteiger partial charge in [0.2, 0.25) is 0 Å². The van der Waals surface area contributed by atoms with Gasteiger partial charge in [-0.05, 0) is 18.5 Å². The van der Waals surface area contributed by atoms with Crippen molar-refractivity contribution >= 4 is 11.3 Å². The first-order chi connectivity index (χ1) is 8.35. The first kappa shape index (κ1) is 12.2. The molecule has 0 aliphatic carbocycles. The Balaban J connectivity index is 2.24. The summed E-state index contributed by atoms with van der Waals surface area (Å²) in [6, 6.07) is 8.40. The van der Waals surface area contributed by atoms with Crippen molar-refractivity contribution in [2.45, 2.75) is 26.8 Å². The lowest BCUT2D eigenvalue weighted by Gasteiger charge is -2.02. The minimum absolute atomic E-state index is 0.808. The first-order valence-corrected chi connectivity index (χ1v) is 6.78. The van der Waals surface area contributed by atoms with Crippen LogP contribution < -0.4 is 5.32 Å². The zero-order valence-electron chi connectivity index (χ0n) is 10.2. The zero-order chi connectivity index (χ0) is 12.1. The summed E-state index contributed by atoms with van der Waals surface area (Å²) >= 11 is 1.67. The van der Waals surface area contributed by atoms with E-state index in [1.807, 2.05) is 0 Å². The topological polar surface area (TPSA) is 37.8 Å². The molecular weight excluding hydrogens is 230 g/mol. The van der Waals surface area contributed by atoms with Crippen LogP contribution in [0.3, 0.4) is 0 Å². The summed E-state index contributed by atoms with van der Waals surface area (Å²) in [5.74, 6) is 0. The van der Waals surface area contributed by atoms with Gasteiger partial charge in [0, 0.05) is 12.1 Å². The van der Waals surface area contributed by atoms with E-state index in [2.05, 4.69) is 53.6 Å². The number of nitrogens with zero attached hydrogens (tertiary/aromatic N) is 2. The lowest BCUT2D eigenvalue weighted by Crippen LogP contribution is -2.11. The third-order valence-corrected chi connectivity index (χ3v) is 3.58. The van der Waals surface area contributed by atoms with Gasteiger partial charge in [0.05, 0.1) is 0 Å². The number of aromatic nitrogens is 2. The van der Waals surface area contributed by atoms with Crippen molar-refractivity contribution in [2.24, 2.45) is 0 Å². The normalized spacial score (nSPS) is 10.7. The van der Waals surface area contributed by atoms with Crippen LogP contribution in [0.5, 0.6) is 0 Å². The van der Waals surface area contributed by atoms with Gasteiger partial charge in [0.15, 0.2) is 0 Å². The van der Waals surface area contributed by atoms with Gasteiger partial charge in [-0.1, -0.05) is 49.4 Å². The Kier molecular flexibility index (Phi) is 4.23. The Labute approximate surface area is 106 Å². The molecule has 0 radical (unpaired) electrons. The van der Waals surface area contributed by atoms with Crippen molar-refractivity contribution in [3.8, 4) is 10.6 Å². The quantitative estimate of drug-likeness (QED) is 0.883. The van der Waals surface area contributed by atoms with Gasteiger partial charge in [-0.25, -0.2) is 0 Å². The van der Waals surface area contributed by atoms with Crippen LogP contribution in [0.1, 0.15) is 24.4 Å². The van der Waals surface area contributed by atoms with Crippen molar-refractivity contribution in [3.05, 3.63) is 34.8 Å². The summed E-state index contributed by atoms with van der Waals surface area (Å²) in [5.41, 5.74) is 2.55. The molecule has 0 saturated heterocycles. The highest BCUT2D eigenvalue weighted by atomic mass is 32.1. The molecule has 0 aliphatic rings. The summed E-state index contributed by atoms with van der Waals surface area (Å²) < 4.78 is 0. The lowest BCUT2D eigenvalue weighted by atomic mass is 10.1. The average Bonchev–Trinajstić information content (AvgIpc) is 2.85. The Morgan fingerprint density at radius 3 is 2.76 bits per heavy atom. The molecule has 0 saturated carbocycles. The van der Waals surface area contributed by atoms with Gasteiger partial charge in [0.1, 0.15) is 10.0 Å². The monoisotopic (exact) mass is 247 g/mol. The number of hydrogen-bond acceptors (Lipinski definition) is 4. The van der Waals surface area contributed by atoms with E-state index in [0.717, 1.165) is 29.5 Å². The molecule has 1 heterocycles. The highest BCUT2D eigenvalue weighted by Gasteiger charge is 2.09. The summed E-state index contributed by atoms with van der Waals surface area (Å²) in [4.78, 5) is 0. The van der Waals surface area contributed by atoms with E-state index < -0.39 is 0 Å². The second kappa shape index (κ2) is 5.89. The van der Waals surface area contributed by atoms with Crippen molar-refractivity contribution in [3.63, 3.8) is 0 Å².